The molecule has 0 saturated heterocycles. The summed E-state index contributed by atoms with van der Waals surface area (Å²) in [6.07, 6.45) is -3.00. The number of aromatic nitrogens is 2. The van der Waals surface area contributed by atoms with Gasteiger partial charge >= 0.3 is 12.1 Å². The lowest BCUT2D eigenvalue weighted by Crippen LogP contribution is -2.12. The largest absolute Gasteiger partial charge is 0.427 e. The van der Waals surface area contributed by atoms with Crippen LogP contribution in [0.15, 0.2) is 78.9 Å². The molecule has 0 aliphatic carbocycles. The Bertz CT molecular complexity index is 1310. The van der Waals surface area contributed by atoms with Gasteiger partial charge in [0.25, 0.3) is 0 Å². The summed E-state index contributed by atoms with van der Waals surface area (Å²) in [7, 11) is 0. The second kappa shape index (κ2) is 10.2. The monoisotopic (exact) mass is 478 g/mol. The standard InChI is InChI=1S/C28H25F3N2O2/c1-3-10-25(34)35-21-17-15-20(16-18-21)27-22(4-2)26(19-11-6-5-7-12-19)32-33(27)24-14-9-8-13-23(24)28(29,30)31/h5-9,11-18H,3-4,10H2,1-2H3. The average Bonchev–Trinajstić information content (AvgIpc) is 3.24. The maximum atomic E-state index is 13.9. The third kappa shape index (κ3) is 5.14. The smallest absolute Gasteiger partial charge is 0.418 e. The summed E-state index contributed by atoms with van der Waals surface area (Å²) in [6, 6.07) is 21.6. The molecule has 0 aliphatic heterocycles. The van der Waals surface area contributed by atoms with Gasteiger partial charge in [0.05, 0.1) is 22.6 Å². The molecule has 0 amide bonds. The lowest BCUT2D eigenvalue weighted by atomic mass is 9.99. The lowest BCUT2D eigenvalue weighted by Gasteiger charge is -2.15. The van der Waals surface area contributed by atoms with Crippen LogP contribution in [0.1, 0.15) is 37.8 Å². The minimum absolute atomic E-state index is 0.0506. The number of para-hydroxylation sites is 1. The van der Waals surface area contributed by atoms with Gasteiger partial charge in [-0.15, -0.1) is 0 Å². The molecule has 4 rings (SSSR count). The van der Waals surface area contributed by atoms with E-state index in [1.807, 2.05) is 44.2 Å². The summed E-state index contributed by atoms with van der Waals surface area (Å²) >= 11 is 0. The van der Waals surface area contributed by atoms with Gasteiger partial charge in [-0.2, -0.15) is 18.3 Å². The fourth-order valence-electron chi connectivity index (χ4n) is 4.05. The Morgan fingerprint density at radius 2 is 1.54 bits per heavy atom. The number of carbonyl (C=O) groups excluding carboxylic acids is 1. The summed E-state index contributed by atoms with van der Waals surface area (Å²) < 4.78 is 48.5. The fourth-order valence-corrected chi connectivity index (χ4v) is 4.05. The molecule has 0 saturated carbocycles. The van der Waals surface area contributed by atoms with E-state index in [2.05, 4.69) is 0 Å². The van der Waals surface area contributed by atoms with E-state index < -0.39 is 11.7 Å². The second-order valence-electron chi connectivity index (χ2n) is 8.07. The number of alkyl halides is 3. The van der Waals surface area contributed by atoms with Crippen LogP contribution >= 0.6 is 0 Å². The number of hydrogen-bond acceptors (Lipinski definition) is 3. The zero-order chi connectivity index (χ0) is 25.0. The summed E-state index contributed by atoms with van der Waals surface area (Å²) in [6.45, 7) is 3.84. The van der Waals surface area contributed by atoms with Gasteiger partial charge in [0.1, 0.15) is 5.75 Å². The molecule has 0 unspecified atom stereocenters. The Morgan fingerprint density at radius 3 is 2.17 bits per heavy atom. The van der Waals surface area contributed by atoms with Crippen molar-refractivity contribution in [3.05, 3.63) is 90.0 Å². The number of hydrogen-bond donors (Lipinski definition) is 0. The van der Waals surface area contributed by atoms with Crippen molar-refractivity contribution in [1.29, 1.82) is 0 Å². The van der Waals surface area contributed by atoms with Crippen LogP contribution in [-0.4, -0.2) is 15.7 Å². The van der Waals surface area contributed by atoms with E-state index in [9.17, 15) is 18.0 Å². The Hall–Kier alpha value is -3.87. The van der Waals surface area contributed by atoms with Gasteiger partial charge in [-0.3, -0.25) is 4.79 Å². The molecular weight excluding hydrogens is 453 g/mol. The lowest BCUT2D eigenvalue weighted by molar-refractivity contribution is -0.137. The van der Waals surface area contributed by atoms with Gasteiger partial charge in [-0.1, -0.05) is 56.3 Å². The van der Waals surface area contributed by atoms with Crippen molar-refractivity contribution in [1.82, 2.24) is 9.78 Å². The van der Waals surface area contributed by atoms with Crippen LogP contribution in [0.3, 0.4) is 0 Å². The van der Waals surface area contributed by atoms with Crippen molar-refractivity contribution < 1.29 is 22.7 Å². The van der Waals surface area contributed by atoms with E-state index in [0.717, 1.165) is 17.2 Å². The predicted octanol–water partition coefficient (Wildman–Crippen LogP) is 7.49. The molecule has 1 aromatic heterocycles. The molecular formula is C28H25F3N2O2. The minimum Gasteiger partial charge on any atom is -0.427 e. The van der Waals surface area contributed by atoms with Gasteiger partial charge in [-0.05, 0) is 49.2 Å². The highest BCUT2D eigenvalue weighted by molar-refractivity contribution is 5.77. The normalized spacial score (nSPS) is 11.5. The van der Waals surface area contributed by atoms with E-state index in [4.69, 9.17) is 9.84 Å². The molecule has 0 radical (unpaired) electrons. The van der Waals surface area contributed by atoms with E-state index in [-0.39, 0.29) is 11.7 Å². The molecule has 1 heterocycles. The molecule has 0 fully saturated rings. The van der Waals surface area contributed by atoms with Crippen molar-refractivity contribution in [2.45, 2.75) is 39.3 Å². The third-order valence-corrected chi connectivity index (χ3v) is 5.64. The highest BCUT2D eigenvalue weighted by Gasteiger charge is 2.35. The Morgan fingerprint density at radius 1 is 0.886 bits per heavy atom. The maximum Gasteiger partial charge on any atom is 0.418 e. The molecule has 0 spiro atoms. The molecule has 35 heavy (non-hydrogen) atoms. The predicted molar refractivity (Wildman–Crippen MR) is 129 cm³/mol. The van der Waals surface area contributed by atoms with E-state index in [0.29, 0.717) is 42.0 Å². The highest BCUT2D eigenvalue weighted by atomic mass is 19.4. The van der Waals surface area contributed by atoms with Crippen molar-refractivity contribution in [2.24, 2.45) is 0 Å². The first-order chi connectivity index (χ1) is 16.8. The Balaban J connectivity index is 1.91. The third-order valence-electron chi connectivity index (χ3n) is 5.64. The number of halogens is 3. The number of nitrogens with zero attached hydrogens (tertiary/aromatic N) is 2. The number of benzene rings is 3. The Labute approximate surface area is 202 Å². The van der Waals surface area contributed by atoms with Gasteiger partial charge < -0.3 is 4.74 Å². The van der Waals surface area contributed by atoms with Crippen LogP contribution in [0.4, 0.5) is 13.2 Å². The van der Waals surface area contributed by atoms with Crippen LogP contribution in [0, 0.1) is 0 Å². The zero-order valence-corrected chi connectivity index (χ0v) is 19.5. The van der Waals surface area contributed by atoms with Crippen LogP contribution in [0.2, 0.25) is 0 Å². The van der Waals surface area contributed by atoms with Gasteiger partial charge in [-0.25, -0.2) is 4.68 Å². The first-order valence-corrected chi connectivity index (χ1v) is 11.5. The molecule has 7 heteroatoms. The molecule has 4 nitrogen and oxygen atoms in total. The van der Waals surface area contributed by atoms with E-state index >= 15 is 0 Å². The molecule has 0 atom stereocenters. The van der Waals surface area contributed by atoms with Crippen LogP contribution in [0.5, 0.6) is 5.75 Å². The van der Waals surface area contributed by atoms with Gasteiger partial charge in [0, 0.05) is 23.1 Å². The number of esters is 1. The summed E-state index contributed by atoms with van der Waals surface area (Å²) in [5.41, 5.74) is 2.68. The number of rotatable bonds is 7. The summed E-state index contributed by atoms with van der Waals surface area (Å²) in [5, 5.41) is 4.70. The first kappa shape index (κ1) is 24.3. The molecule has 0 bridgehead atoms. The molecule has 3 aromatic carbocycles. The fraction of sp³-hybridized carbons (Fsp3) is 0.214. The van der Waals surface area contributed by atoms with Crippen molar-refractivity contribution in [3.63, 3.8) is 0 Å². The van der Waals surface area contributed by atoms with Crippen LogP contribution < -0.4 is 4.74 Å². The quantitative estimate of drug-likeness (QED) is 0.204. The molecule has 0 N–H and O–H groups in total. The van der Waals surface area contributed by atoms with Crippen LogP contribution in [-0.2, 0) is 17.4 Å². The SMILES string of the molecule is CCCC(=O)Oc1ccc(-c2c(CC)c(-c3ccccc3)nn2-c2ccccc2C(F)(F)F)cc1. The molecule has 4 aromatic rings. The van der Waals surface area contributed by atoms with Crippen LogP contribution in [0.25, 0.3) is 28.2 Å². The highest BCUT2D eigenvalue weighted by Crippen LogP contribution is 2.39. The zero-order valence-electron chi connectivity index (χ0n) is 19.5. The number of ether oxygens (including phenoxy) is 1. The summed E-state index contributed by atoms with van der Waals surface area (Å²) in [5.74, 6) is 0.0558. The van der Waals surface area contributed by atoms with Gasteiger partial charge in [0.15, 0.2) is 0 Å². The van der Waals surface area contributed by atoms with Crippen molar-refractivity contribution >= 4 is 5.97 Å². The first-order valence-electron chi connectivity index (χ1n) is 11.5. The Kier molecular flexibility index (Phi) is 7.05. The summed E-state index contributed by atoms with van der Waals surface area (Å²) in [4.78, 5) is 11.9. The van der Waals surface area contributed by atoms with Crippen molar-refractivity contribution in [3.8, 4) is 34.0 Å². The topological polar surface area (TPSA) is 44.1 Å². The van der Waals surface area contributed by atoms with Crippen molar-refractivity contribution in [2.75, 3.05) is 0 Å². The molecule has 0 aliphatic rings. The minimum atomic E-state index is -4.55. The van der Waals surface area contributed by atoms with E-state index in [1.165, 1.54) is 16.8 Å². The average molecular weight is 479 g/mol. The van der Waals surface area contributed by atoms with E-state index in [1.54, 1.807) is 30.3 Å². The maximum absolute atomic E-state index is 13.9. The van der Waals surface area contributed by atoms with Gasteiger partial charge in [0.2, 0.25) is 0 Å². The second-order valence-corrected chi connectivity index (χ2v) is 8.07. The molecule has 180 valence electrons. The number of carbonyl (C=O) groups is 1.